The number of benzene rings is 2. The number of halogens is 1. The molecule has 1 aromatic heterocycles. The average molecular weight is 428 g/mol. The number of nitrogens with zero attached hydrogens (tertiary/aromatic N) is 3. The molecule has 2 N–H and O–H groups in total. The Kier molecular flexibility index (Phi) is 5.66. The van der Waals surface area contributed by atoms with E-state index in [1.165, 1.54) is 11.9 Å². The first-order valence-corrected chi connectivity index (χ1v) is 9.13. The van der Waals surface area contributed by atoms with Crippen molar-refractivity contribution >= 4 is 44.6 Å². The number of para-hydroxylation sites is 1. The highest BCUT2D eigenvalue weighted by Gasteiger charge is 2.23. The third-order valence-corrected chi connectivity index (χ3v) is 4.66. The van der Waals surface area contributed by atoms with Gasteiger partial charge in [0.05, 0.1) is 10.6 Å². The number of nitro groups is 1. The van der Waals surface area contributed by atoms with Gasteiger partial charge in [0.2, 0.25) is 11.6 Å². The fourth-order valence-corrected chi connectivity index (χ4v) is 2.90. The van der Waals surface area contributed by atoms with Gasteiger partial charge < -0.3 is 10.6 Å². The molecule has 8 heteroatoms. The molecule has 0 unspecified atom stereocenters. The smallest absolute Gasteiger partial charge is 0.334 e. The SMILES string of the molecule is CC(C)c1ccc(Nc2ncnc(Nc3ccccc3Br)c2[N+](=O)[O-])cc1. The van der Waals surface area contributed by atoms with Crippen molar-refractivity contribution in [1.82, 2.24) is 9.97 Å². The van der Waals surface area contributed by atoms with E-state index in [4.69, 9.17) is 0 Å². The zero-order chi connectivity index (χ0) is 19.4. The first-order chi connectivity index (χ1) is 13.0. The number of aromatic nitrogens is 2. The molecule has 27 heavy (non-hydrogen) atoms. The molecule has 7 nitrogen and oxygen atoms in total. The first kappa shape index (κ1) is 18.8. The summed E-state index contributed by atoms with van der Waals surface area (Å²) in [6.45, 7) is 4.22. The molecule has 0 bridgehead atoms. The standard InChI is InChI=1S/C19H18BrN5O2/c1-12(2)13-7-9-14(10-8-13)23-18-17(25(26)27)19(22-11-21-18)24-16-6-4-3-5-15(16)20/h3-12H,1-2H3,(H2,21,22,23,24). The molecule has 3 aromatic rings. The van der Waals surface area contributed by atoms with Crippen molar-refractivity contribution < 1.29 is 4.92 Å². The second kappa shape index (κ2) is 8.13. The van der Waals surface area contributed by atoms with E-state index in [1.54, 1.807) is 6.07 Å². The summed E-state index contributed by atoms with van der Waals surface area (Å²) >= 11 is 3.41. The van der Waals surface area contributed by atoms with Gasteiger partial charge in [0.15, 0.2) is 0 Å². The van der Waals surface area contributed by atoms with Crippen LogP contribution in [0.4, 0.5) is 28.7 Å². The van der Waals surface area contributed by atoms with Crippen molar-refractivity contribution in [2.24, 2.45) is 0 Å². The summed E-state index contributed by atoms with van der Waals surface area (Å²) in [6.07, 6.45) is 1.29. The maximum absolute atomic E-state index is 11.7. The van der Waals surface area contributed by atoms with Gasteiger partial charge in [-0.1, -0.05) is 38.1 Å². The quantitative estimate of drug-likeness (QED) is 0.383. The molecule has 3 rings (SSSR count). The maximum Gasteiger partial charge on any atom is 0.353 e. The number of nitrogens with one attached hydrogen (secondary N) is 2. The van der Waals surface area contributed by atoms with E-state index in [1.807, 2.05) is 42.5 Å². The van der Waals surface area contributed by atoms with Gasteiger partial charge in [-0.25, -0.2) is 9.97 Å². The van der Waals surface area contributed by atoms with Crippen molar-refractivity contribution in [1.29, 1.82) is 0 Å². The van der Waals surface area contributed by atoms with Gasteiger partial charge in [0, 0.05) is 10.2 Å². The lowest BCUT2D eigenvalue weighted by molar-refractivity contribution is -0.383. The Hall–Kier alpha value is -3.00. The zero-order valence-corrected chi connectivity index (χ0v) is 16.4. The van der Waals surface area contributed by atoms with Crippen LogP contribution >= 0.6 is 15.9 Å². The van der Waals surface area contributed by atoms with Crippen LogP contribution in [0.15, 0.2) is 59.3 Å². The summed E-state index contributed by atoms with van der Waals surface area (Å²) in [5.41, 5.74) is 2.36. The van der Waals surface area contributed by atoms with Crippen molar-refractivity contribution in [3.8, 4) is 0 Å². The van der Waals surface area contributed by atoms with Crippen LogP contribution in [-0.4, -0.2) is 14.9 Å². The molecule has 0 radical (unpaired) electrons. The average Bonchev–Trinajstić information content (AvgIpc) is 2.64. The van der Waals surface area contributed by atoms with Crippen LogP contribution in [0.2, 0.25) is 0 Å². The van der Waals surface area contributed by atoms with E-state index in [2.05, 4.69) is 50.4 Å². The molecule has 0 saturated carbocycles. The van der Waals surface area contributed by atoms with Crippen LogP contribution in [0, 0.1) is 10.1 Å². The summed E-state index contributed by atoms with van der Waals surface area (Å²) in [7, 11) is 0. The molecule has 0 aliphatic rings. The molecule has 0 saturated heterocycles. The van der Waals surface area contributed by atoms with Gasteiger partial charge in [-0.15, -0.1) is 0 Å². The molecule has 2 aromatic carbocycles. The first-order valence-electron chi connectivity index (χ1n) is 8.33. The van der Waals surface area contributed by atoms with E-state index in [0.717, 1.165) is 4.47 Å². The normalized spacial score (nSPS) is 10.7. The second-order valence-electron chi connectivity index (χ2n) is 6.18. The predicted molar refractivity (Wildman–Crippen MR) is 110 cm³/mol. The molecular weight excluding hydrogens is 410 g/mol. The van der Waals surface area contributed by atoms with Crippen molar-refractivity contribution in [2.45, 2.75) is 19.8 Å². The number of hydrogen-bond acceptors (Lipinski definition) is 6. The van der Waals surface area contributed by atoms with Gasteiger partial charge in [-0.05, 0) is 51.7 Å². The minimum Gasteiger partial charge on any atom is -0.334 e. The Balaban J connectivity index is 1.94. The van der Waals surface area contributed by atoms with Crippen molar-refractivity contribution in [3.05, 3.63) is 75.0 Å². The molecular formula is C19H18BrN5O2. The monoisotopic (exact) mass is 427 g/mol. The molecule has 1 heterocycles. The maximum atomic E-state index is 11.7. The highest BCUT2D eigenvalue weighted by molar-refractivity contribution is 9.10. The second-order valence-corrected chi connectivity index (χ2v) is 7.04. The summed E-state index contributed by atoms with van der Waals surface area (Å²) in [4.78, 5) is 19.3. The number of rotatable bonds is 6. The summed E-state index contributed by atoms with van der Waals surface area (Å²) < 4.78 is 0.775. The lowest BCUT2D eigenvalue weighted by Crippen LogP contribution is -2.05. The topological polar surface area (TPSA) is 93.0 Å². The van der Waals surface area contributed by atoms with Gasteiger partial charge in [0.1, 0.15) is 6.33 Å². The summed E-state index contributed by atoms with van der Waals surface area (Å²) in [5, 5.41) is 17.7. The predicted octanol–water partition coefficient (Wildman–Crippen LogP) is 5.76. The Bertz CT molecular complexity index is 961. The minimum absolute atomic E-state index is 0.114. The Morgan fingerprint density at radius 2 is 1.63 bits per heavy atom. The summed E-state index contributed by atoms with van der Waals surface area (Å²) in [5.74, 6) is 0.651. The van der Waals surface area contributed by atoms with Crippen LogP contribution in [0.3, 0.4) is 0 Å². The van der Waals surface area contributed by atoms with Crippen LogP contribution in [0.1, 0.15) is 25.3 Å². The highest BCUT2D eigenvalue weighted by atomic mass is 79.9. The van der Waals surface area contributed by atoms with E-state index in [9.17, 15) is 10.1 Å². The van der Waals surface area contributed by atoms with Crippen molar-refractivity contribution in [2.75, 3.05) is 10.6 Å². The molecule has 138 valence electrons. The lowest BCUT2D eigenvalue weighted by Gasteiger charge is -2.12. The van der Waals surface area contributed by atoms with Crippen LogP contribution in [-0.2, 0) is 0 Å². The molecule has 0 fully saturated rings. The van der Waals surface area contributed by atoms with Gasteiger partial charge in [-0.3, -0.25) is 10.1 Å². The van der Waals surface area contributed by atoms with E-state index < -0.39 is 4.92 Å². The van der Waals surface area contributed by atoms with Gasteiger partial charge in [0.25, 0.3) is 0 Å². The number of anilines is 4. The Morgan fingerprint density at radius 1 is 1.00 bits per heavy atom. The Morgan fingerprint density at radius 3 is 2.22 bits per heavy atom. The fourth-order valence-electron chi connectivity index (χ4n) is 2.51. The summed E-state index contributed by atoms with van der Waals surface area (Å²) in [6, 6.07) is 15.1. The van der Waals surface area contributed by atoms with Gasteiger partial charge in [-0.2, -0.15) is 0 Å². The molecule has 0 aliphatic heterocycles. The third kappa shape index (κ3) is 4.40. The van der Waals surface area contributed by atoms with E-state index in [-0.39, 0.29) is 17.3 Å². The number of hydrogen-bond donors (Lipinski definition) is 2. The lowest BCUT2D eigenvalue weighted by atomic mass is 10.0. The molecule has 0 spiro atoms. The third-order valence-electron chi connectivity index (χ3n) is 3.97. The highest BCUT2D eigenvalue weighted by Crippen LogP contribution is 2.34. The molecule has 0 atom stereocenters. The van der Waals surface area contributed by atoms with Gasteiger partial charge >= 0.3 is 5.69 Å². The van der Waals surface area contributed by atoms with E-state index in [0.29, 0.717) is 17.3 Å². The largest absolute Gasteiger partial charge is 0.353 e. The zero-order valence-electron chi connectivity index (χ0n) is 14.8. The van der Waals surface area contributed by atoms with E-state index >= 15 is 0 Å². The fraction of sp³-hybridized carbons (Fsp3) is 0.158. The Labute approximate surface area is 165 Å². The molecule has 0 aliphatic carbocycles. The molecule has 0 amide bonds. The van der Waals surface area contributed by atoms with Crippen LogP contribution in [0.5, 0.6) is 0 Å². The minimum atomic E-state index is -0.496. The van der Waals surface area contributed by atoms with Crippen LogP contribution in [0.25, 0.3) is 0 Å². The van der Waals surface area contributed by atoms with Crippen molar-refractivity contribution in [3.63, 3.8) is 0 Å². The van der Waals surface area contributed by atoms with Crippen LogP contribution < -0.4 is 10.6 Å².